The number of aromatic nitrogens is 2. The molecule has 3 rings (SSSR count). The summed E-state index contributed by atoms with van der Waals surface area (Å²) in [4.78, 5) is 43.1. The second-order valence-corrected chi connectivity index (χ2v) is 9.77. The summed E-state index contributed by atoms with van der Waals surface area (Å²) in [5, 5.41) is 0. The fourth-order valence-corrected chi connectivity index (χ4v) is 5.91. The molecule has 13 heteroatoms. The number of nitrogens with zero attached hydrogens (tertiary/aromatic N) is 2. The molecule has 3 aromatic rings. The van der Waals surface area contributed by atoms with Gasteiger partial charge in [-0.05, 0) is 44.5 Å². The van der Waals surface area contributed by atoms with Crippen LogP contribution in [0.1, 0.15) is 48.7 Å². The number of esters is 2. The van der Waals surface area contributed by atoms with Crippen LogP contribution in [0.5, 0.6) is 0 Å². The molecule has 33 heavy (non-hydrogen) atoms. The molecule has 2 aromatic heterocycles. The van der Waals surface area contributed by atoms with Crippen LogP contribution in [0.3, 0.4) is 0 Å². The van der Waals surface area contributed by atoms with Gasteiger partial charge in [0.15, 0.2) is 4.21 Å². The second kappa shape index (κ2) is 9.29. The summed E-state index contributed by atoms with van der Waals surface area (Å²) in [5.41, 5.74) is 3.52. The summed E-state index contributed by atoms with van der Waals surface area (Å²) >= 11 is 0.536. The van der Waals surface area contributed by atoms with E-state index >= 15 is 0 Å². The van der Waals surface area contributed by atoms with E-state index in [0.29, 0.717) is 23.4 Å². The lowest BCUT2D eigenvalue weighted by atomic mass is 10.2. The van der Waals surface area contributed by atoms with E-state index in [1.54, 1.807) is 18.2 Å². The number of carbonyl (C=O) groups is 3. The summed E-state index contributed by atoms with van der Waals surface area (Å²) < 4.78 is 36.6. The minimum absolute atomic E-state index is 0.0723. The highest BCUT2D eigenvalue weighted by Gasteiger charge is 2.33. The first-order chi connectivity index (χ1) is 15.5. The molecule has 0 aliphatic heterocycles. The lowest BCUT2D eigenvalue weighted by molar-refractivity contribution is 0.0596. The van der Waals surface area contributed by atoms with Gasteiger partial charge in [0.1, 0.15) is 10.7 Å². The van der Waals surface area contributed by atoms with Gasteiger partial charge < -0.3 is 14.0 Å². The lowest BCUT2D eigenvalue weighted by Crippen LogP contribution is -2.41. The maximum absolute atomic E-state index is 12.9. The molecule has 2 heterocycles. The fourth-order valence-electron chi connectivity index (χ4n) is 3.32. The van der Waals surface area contributed by atoms with Gasteiger partial charge in [-0.2, -0.15) is 0 Å². The van der Waals surface area contributed by atoms with Gasteiger partial charge in [-0.25, -0.2) is 23.0 Å². The van der Waals surface area contributed by atoms with Crippen LogP contribution in [0, 0.1) is 13.8 Å². The number of hydrogen-bond donors (Lipinski definition) is 2. The molecule has 2 N–H and O–H groups in total. The molecular formula is C20H22N4O7S2. The van der Waals surface area contributed by atoms with Crippen LogP contribution in [0.15, 0.2) is 22.4 Å². The van der Waals surface area contributed by atoms with E-state index in [9.17, 15) is 22.8 Å². The fraction of sp³-hybridized carbons (Fsp3) is 0.300. The number of sulfonamides is 1. The largest absolute Gasteiger partial charge is 0.465 e. The summed E-state index contributed by atoms with van der Waals surface area (Å²) in [6, 6.07) is 4.81. The first kappa shape index (κ1) is 24.4. The molecule has 0 radical (unpaired) electrons. The Morgan fingerprint density at radius 2 is 1.79 bits per heavy atom. The number of carbonyl (C=O) groups excluding carboxylic acids is 3. The predicted molar refractivity (Wildman–Crippen MR) is 120 cm³/mol. The van der Waals surface area contributed by atoms with Crippen LogP contribution < -0.4 is 10.3 Å². The molecule has 0 aliphatic carbocycles. The third kappa shape index (κ3) is 4.47. The van der Waals surface area contributed by atoms with Gasteiger partial charge in [-0.1, -0.05) is 0 Å². The van der Waals surface area contributed by atoms with Crippen LogP contribution in [0.25, 0.3) is 11.0 Å². The molecule has 1 aromatic carbocycles. The molecule has 0 aliphatic rings. The lowest BCUT2D eigenvalue weighted by Gasteiger charge is -2.09. The van der Waals surface area contributed by atoms with Crippen molar-refractivity contribution in [2.45, 2.75) is 31.5 Å². The van der Waals surface area contributed by atoms with Gasteiger partial charge >= 0.3 is 11.9 Å². The van der Waals surface area contributed by atoms with Crippen molar-refractivity contribution in [3.8, 4) is 0 Å². The third-order valence-electron chi connectivity index (χ3n) is 4.94. The van der Waals surface area contributed by atoms with Crippen molar-refractivity contribution < 1.29 is 32.3 Å². The second-order valence-electron chi connectivity index (χ2n) is 6.87. The predicted octanol–water partition coefficient (Wildman–Crippen LogP) is 1.93. The highest BCUT2D eigenvalue weighted by molar-refractivity contribution is 7.91. The van der Waals surface area contributed by atoms with Crippen molar-refractivity contribution in [2.75, 3.05) is 14.2 Å². The Bertz CT molecular complexity index is 1370. The van der Waals surface area contributed by atoms with Crippen molar-refractivity contribution in [3.63, 3.8) is 0 Å². The first-order valence-corrected chi connectivity index (χ1v) is 11.9. The summed E-state index contributed by atoms with van der Waals surface area (Å²) in [6.07, 6.45) is 0. The molecule has 0 spiro atoms. The Hall–Kier alpha value is -3.29. The van der Waals surface area contributed by atoms with Gasteiger partial charge in [0.05, 0.1) is 30.8 Å². The molecular weight excluding hydrogens is 472 g/mol. The third-order valence-corrected chi connectivity index (χ3v) is 7.97. The highest BCUT2D eigenvalue weighted by Crippen LogP contribution is 2.33. The van der Waals surface area contributed by atoms with Gasteiger partial charge in [0.25, 0.3) is 15.9 Å². The van der Waals surface area contributed by atoms with Gasteiger partial charge in [0, 0.05) is 12.1 Å². The monoisotopic (exact) mass is 494 g/mol. The molecule has 0 atom stereocenters. The number of imidazole rings is 1. The Labute approximate surface area is 193 Å². The van der Waals surface area contributed by atoms with Crippen LogP contribution in [-0.2, 0) is 26.0 Å². The number of hydrogen-bond acceptors (Lipinski definition) is 9. The van der Waals surface area contributed by atoms with Crippen LogP contribution in [0.2, 0.25) is 0 Å². The molecule has 0 fully saturated rings. The minimum atomic E-state index is -4.43. The maximum Gasteiger partial charge on any atom is 0.348 e. The molecule has 0 bridgehead atoms. The van der Waals surface area contributed by atoms with E-state index in [2.05, 4.69) is 19.9 Å². The molecule has 0 unspecified atom stereocenters. The van der Waals surface area contributed by atoms with Crippen molar-refractivity contribution in [3.05, 3.63) is 45.6 Å². The van der Waals surface area contributed by atoms with E-state index < -0.39 is 32.1 Å². The van der Waals surface area contributed by atoms with Crippen LogP contribution in [0.4, 0.5) is 0 Å². The average Bonchev–Trinajstić information content (AvgIpc) is 3.31. The smallest absolute Gasteiger partial charge is 0.348 e. The number of amides is 1. The molecule has 11 nitrogen and oxygen atoms in total. The Morgan fingerprint density at radius 3 is 2.39 bits per heavy atom. The molecule has 176 valence electrons. The average molecular weight is 495 g/mol. The van der Waals surface area contributed by atoms with Gasteiger partial charge in [-0.15, -0.1) is 16.2 Å². The number of rotatable bonds is 7. The Kier molecular flexibility index (Phi) is 6.86. The highest BCUT2D eigenvalue weighted by atomic mass is 32.2. The van der Waals surface area contributed by atoms with Crippen molar-refractivity contribution in [1.29, 1.82) is 0 Å². The zero-order chi connectivity index (χ0) is 24.5. The maximum atomic E-state index is 12.9. The quantitative estimate of drug-likeness (QED) is 0.374. The van der Waals surface area contributed by atoms with Gasteiger partial charge in [-0.3, -0.25) is 10.2 Å². The number of nitrogens with one attached hydrogen (secondary N) is 2. The topological polar surface area (TPSA) is 146 Å². The first-order valence-electron chi connectivity index (χ1n) is 9.64. The van der Waals surface area contributed by atoms with Crippen LogP contribution >= 0.6 is 11.3 Å². The SMILES string of the molecule is CCn1c(C)nc2cc(C(=O)NNS(=O)(=O)c3sc(C(=O)OC)c(C)c3C(=O)OC)ccc21. The number of fused-ring (bicyclic) bond motifs is 1. The van der Waals surface area contributed by atoms with E-state index in [-0.39, 0.29) is 21.6 Å². The standard InChI is InChI=1S/C20H22N4O7S2/c1-6-24-11(3)21-13-9-12(7-8-14(13)24)17(25)22-23-33(28,29)20-15(18(26)30-4)10(2)16(32-20)19(27)31-5/h7-9,23H,6H2,1-5H3,(H,22,25). The molecule has 0 saturated heterocycles. The molecule has 0 saturated carbocycles. The number of thiophene rings is 1. The minimum Gasteiger partial charge on any atom is -0.465 e. The van der Waals surface area contributed by atoms with Crippen molar-refractivity contribution in [1.82, 2.24) is 19.8 Å². The van der Waals surface area contributed by atoms with Crippen LogP contribution in [-0.4, -0.2) is 50.0 Å². The van der Waals surface area contributed by atoms with Crippen molar-refractivity contribution in [2.24, 2.45) is 0 Å². The number of benzene rings is 1. The van der Waals surface area contributed by atoms with E-state index in [0.717, 1.165) is 25.6 Å². The zero-order valence-electron chi connectivity index (χ0n) is 18.5. The number of hydrazine groups is 1. The summed E-state index contributed by atoms with van der Waals surface area (Å²) in [5.74, 6) is -1.69. The summed E-state index contributed by atoms with van der Waals surface area (Å²) in [6.45, 7) is 5.94. The number of methoxy groups -OCH3 is 2. The Morgan fingerprint density at radius 1 is 1.12 bits per heavy atom. The van der Waals surface area contributed by atoms with E-state index in [1.165, 1.54) is 6.92 Å². The number of aryl methyl sites for hydroxylation is 2. The van der Waals surface area contributed by atoms with Gasteiger partial charge in [0.2, 0.25) is 0 Å². The zero-order valence-corrected chi connectivity index (χ0v) is 20.1. The Balaban J connectivity index is 1.89. The van der Waals surface area contributed by atoms with Crippen molar-refractivity contribution >= 4 is 50.2 Å². The summed E-state index contributed by atoms with van der Waals surface area (Å²) in [7, 11) is -2.22. The van der Waals surface area contributed by atoms with E-state index in [4.69, 9.17) is 0 Å². The number of ether oxygens (including phenoxy) is 2. The van der Waals surface area contributed by atoms with E-state index in [1.807, 2.05) is 23.2 Å². The molecule has 1 amide bonds. The normalized spacial score (nSPS) is 11.4.